The van der Waals surface area contributed by atoms with Gasteiger partial charge in [-0.05, 0) is 37.5 Å². The van der Waals surface area contributed by atoms with Gasteiger partial charge < -0.3 is 0 Å². The first-order valence-electron chi connectivity index (χ1n) is 7.67. The average molecular weight is 311 g/mol. The van der Waals surface area contributed by atoms with Crippen molar-refractivity contribution in [3.05, 3.63) is 35.9 Å². The molecular weight excluding hydrogens is 294 g/mol. The van der Waals surface area contributed by atoms with Gasteiger partial charge in [-0.1, -0.05) is 36.4 Å². The molecule has 0 bridgehead atoms. The Hall–Kier alpha value is -1.88. The summed E-state index contributed by atoms with van der Waals surface area (Å²) in [7, 11) is 0. The first-order valence-corrected chi connectivity index (χ1v) is 8.55. The van der Waals surface area contributed by atoms with E-state index in [-0.39, 0.29) is 5.25 Å². The number of carbonyl (C=O) groups excluding carboxylic acids is 1. The van der Waals surface area contributed by atoms with Crippen LogP contribution in [-0.4, -0.2) is 25.6 Å². The van der Waals surface area contributed by atoms with Crippen molar-refractivity contribution in [2.45, 2.75) is 43.0 Å². The molecule has 3 aromatic rings. The number of rotatable bonds is 2. The summed E-state index contributed by atoms with van der Waals surface area (Å²) >= 11 is 1.57. The lowest BCUT2D eigenvalue weighted by atomic mass is 9.99. The second-order valence-electron chi connectivity index (χ2n) is 5.84. The molecule has 0 saturated heterocycles. The summed E-state index contributed by atoms with van der Waals surface area (Å²) in [5, 5.41) is 10.7. The molecule has 22 heavy (non-hydrogen) atoms. The third-order valence-corrected chi connectivity index (χ3v) is 5.58. The zero-order valence-corrected chi connectivity index (χ0v) is 13.3. The van der Waals surface area contributed by atoms with Crippen molar-refractivity contribution in [3.8, 4) is 0 Å². The highest BCUT2D eigenvalue weighted by Crippen LogP contribution is 2.32. The van der Waals surface area contributed by atoms with E-state index in [1.54, 1.807) is 11.8 Å². The van der Waals surface area contributed by atoms with Crippen LogP contribution < -0.4 is 0 Å². The molecule has 0 N–H and O–H groups in total. The molecule has 4 nitrogen and oxygen atoms in total. The molecule has 112 valence electrons. The smallest absolute Gasteiger partial charge is 0.196 e. The number of ketones is 1. The Morgan fingerprint density at radius 2 is 2.09 bits per heavy atom. The molecule has 5 heteroatoms. The number of aryl methyl sites for hydroxylation is 1. The van der Waals surface area contributed by atoms with Crippen LogP contribution in [0.5, 0.6) is 0 Å². The van der Waals surface area contributed by atoms with Crippen LogP contribution in [0.2, 0.25) is 0 Å². The SMILES string of the molecule is Cc1cc2nnc(S[C@@H]3CCCCC3=O)n2c2ccccc12. The number of hydrogen-bond acceptors (Lipinski definition) is 4. The number of Topliss-reactive ketones (excluding diaryl/α,β-unsaturated/α-hetero) is 1. The molecule has 0 amide bonds. The molecule has 2 heterocycles. The summed E-state index contributed by atoms with van der Waals surface area (Å²) in [5.41, 5.74) is 3.15. The fourth-order valence-corrected chi connectivity index (χ4v) is 4.33. The summed E-state index contributed by atoms with van der Waals surface area (Å²) in [6, 6.07) is 10.3. The number of para-hydroxylation sites is 1. The molecule has 0 aliphatic heterocycles. The molecule has 0 unspecified atom stereocenters. The summed E-state index contributed by atoms with van der Waals surface area (Å²) in [6.45, 7) is 2.09. The van der Waals surface area contributed by atoms with Gasteiger partial charge >= 0.3 is 0 Å². The largest absolute Gasteiger partial charge is 0.298 e. The van der Waals surface area contributed by atoms with E-state index < -0.39 is 0 Å². The van der Waals surface area contributed by atoms with E-state index in [0.717, 1.165) is 35.6 Å². The van der Waals surface area contributed by atoms with Crippen LogP contribution in [0.15, 0.2) is 35.5 Å². The van der Waals surface area contributed by atoms with Gasteiger partial charge in [0, 0.05) is 11.8 Å². The molecule has 0 spiro atoms. The highest BCUT2D eigenvalue weighted by atomic mass is 32.2. The van der Waals surface area contributed by atoms with E-state index in [0.29, 0.717) is 12.2 Å². The number of pyridine rings is 1. The monoisotopic (exact) mass is 311 g/mol. The topological polar surface area (TPSA) is 47.3 Å². The predicted molar refractivity (Wildman–Crippen MR) is 88.4 cm³/mol. The van der Waals surface area contributed by atoms with Crippen molar-refractivity contribution in [1.29, 1.82) is 0 Å². The molecule has 1 saturated carbocycles. The van der Waals surface area contributed by atoms with Crippen LogP contribution in [0, 0.1) is 6.92 Å². The normalized spacial score (nSPS) is 19.1. The maximum absolute atomic E-state index is 12.1. The van der Waals surface area contributed by atoms with Gasteiger partial charge in [0.2, 0.25) is 0 Å². The fourth-order valence-electron chi connectivity index (χ4n) is 3.15. The number of nitrogens with zero attached hydrogens (tertiary/aromatic N) is 3. The van der Waals surface area contributed by atoms with Crippen molar-refractivity contribution < 1.29 is 4.79 Å². The maximum Gasteiger partial charge on any atom is 0.196 e. The molecule has 1 fully saturated rings. The van der Waals surface area contributed by atoms with Crippen LogP contribution in [0.4, 0.5) is 0 Å². The Kier molecular flexibility index (Phi) is 3.37. The highest BCUT2D eigenvalue weighted by molar-refractivity contribution is 8.00. The van der Waals surface area contributed by atoms with Crippen molar-refractivity contribution >= 4 is 34.1 Å². The van der Waals surface area contributed by atoms with E-state index in [1.807, 2.05) is 12.1 Å². The Bertz CT molecular complexity index is 871. The first-order chi connectivity index (χ1) is 10.7. The van der Waals surface area contributed by atoms with Crippen LogP contribution in [-0.2, 0) is 4.79 Å². The predicted octanol–water partition coefficient (Wildman–Crippen LogP) is 3.79. The molecule has 1 atom stereocenters. The number of fused-ring (bicyclic) bond motifs is 3. The van der Waals surface area contributed by atoms with Crippen molar-refractivity contribution in [2.75, 3.05) is 0 Å². The van der Waals surface area contributed by atoms with Crippen LogP contribution in [0.25, 0.3) is 16.6 Å². The summed E-state index contributed by atoms with van der Waals surface area (Å²) in [6.07, 6.45) is 3.80. The molecule has 1 aromatic carbocycles. The standard InChI is InChI=1S/C17H17N3OS/c1-11-10-16-18-19-17(22-15-9-5-4-8-14(15)21)20(16)13-7-3-2-6-12(11)13/h2-3,6-7,10,15H,4-5,8-9H2,1H3/t15-/m1/s1. The van der Waals surface area contributed by atoms with Gasteiger partial charge in [-0.3, -0.25) is 9.20 Å². The molecular formula is C17H17N3OS. The lowest BCUT2D eigenvalue weighted by Gasteiger charge is -2.19. The highest BCUT2D eigenvalue weighted by Gasteiger charge is 2.25. The van der Waals surface area contributed by atoms with Crippen molar-refractivity contribution in [2.24, 2.45) is 0 Å². The Morgan fingerprint density at radius 1 is 1.23 bits per heavy atom. The molecule has 4 rings (SSSR count). The molecule has 2 aromatic heterocycles. The van der Waals surface area contributed by atoms with Gasteiger partial charge in [-0.25, -0.2) is 0 Å². The zero-order chi connectivity index (χ0) is 15.1. The second kappa shape index (κ2) is 5.39. The minimum atomic E-state index is 0.0289. The summed E-state index contributed by atoms with van der Waals surface area (Å²) in [4.78, 5) is 12.1. The van der Waals surface area contributed by atoms with Gasteiger partial charge in [0.1, 0.15) is 5.78 Å². The Morgan fingerprint density at radius 3 is 2.95 bits per heavy atom. The zero-order valence-electron chi connectivity index (χ0n) is 12.5. The first kappa shape index (κ1) is 13.8. The number of hydrogen-bond donors (Lipinski definition) is 0. The third-order valence-electron chi connectivity index (χ3n) is 4.32. The van der Waals surface area contributed by atoms with Gasteiger partial charge in [0.05, 0.1) is 10.8 Å². The Balaban J connectivity index is 1.85. The van der Waals surface area contributed by atoms with Crippen LogP contribution in [0.1, 0.15) is 31.2 Å². The van der Waals surface area contributed by atoms with E-state index in [1.165, 1.54) is 10.9 Å². The molecule has 1 aliphatic rings. The number of thioether (sulfide) groups is 1. The van der Waals surface area contributed by atoms with E-state index in [2.05, 4.69) is 39.7 Å². The minimum Gasteiger partial charge on any atom is -0.298 e. The molecule has 1 aliphatic carbocycles. The maximum atomic E-state index is 12.1. The van der Waals surface area contributed by atoms with E-state index in [4.69, 9.17) is 0 Å². The van der Waals surface area contributed by atoms with Gasteiger partial charge in [-0.15, -0.1) is 10.2 Å². The van der Waals surface area contributed by atoms with Crippen LogP contribution in [0.3, 0.4) is 0 Å². The quantitative estimate of drug-likeness (QED) is 0.722. The third kappa shape index (κ3) is 2.20. The minimum absolute atomic E-state index is 0.0289. The van der Waals surface area contributed by atoms with Crippen molar-refractivity contribution in [1.82, 2.24) is 14.6 Å². The number of aromatic nitrogens is 3. The van der Waals surface area contributed by atoms with E-state index >= 15 is 0 Å². The fraction of sp³-hybridized carbons (Fsp3) is 0.353. The van der Waals surface area contributed by atoms with Gasteiger partial charge in [-0.2, -0.15) is 0 Å². The van der Waals surface area contributed by atoms with Crippen molar-refractivity contribution in [3.63, 3.8) is 0 Å². The van der Waals surface area contributed by atoms with Gasteiger partial charge in [0.15, 0.2) is 10.8 Å². The summed E-state index contributed by atoms with van der Waals surface area (Å²) in [5.74, 6) is 0.351. The van der Waals surface area contributed by atoms with Crippen LogP contribution >= 0.6 is 11.8 Å². The van der Waals surface area contributed by atoms with Gasteiger partial charge in [0.25, 0.3) is 0 Å². The Labute approximate surface area is 132 Å². The average Bonchev–Trinajstić information content (AvgIpc) is 2.93. The summed E-state index contributed by atoms with van der Waals surface area (Å²) < 4.78 is 2.08. The second-order valence-corrected chi connectivity index (χ2v) is 7.01. The lowest BCUT2D eigenvalue weighted by molar-refractivity contribution is -0.119. The number of carbonyl (C=O) groups is 1. The molecule has 0 radical (unpaired) electrons. The van der Waals surface area contributed by atoms with E-state index in [9.17, 15) is 4.79 Å². The lowest BCUT2D eigenvalue weighted by Crippen LogP contribution is -2.21. The number of benzene rings is 1.